The highest BCUT2D eigenvalue weighted by Crippen LogP contribution is 2.16. The molecule has 0 saturated carbocycles. The topological polar surface area (TPSA) is 67.8 Å². The van der Waals surface area contributed by atoms with Crippen molar-refractivity contribution < 1.29 is 13.2 Å². The molecule has 28 heavy (non-hydrogen) atoms. The Balaban J connectivity index is 1.62. The minimum atomic E-state index is -3.70. The highest BCUT2D eigenvalue weighted by molar-refractivity contribution is 7.89. The first-order valence-electron chi connectivity index (χ1n) is 8.51. The molecular formula is C21H19ClN2O3S. The highest BCUT2D eigenvalue weighted by Gasteiger charge is 2.11. The summed E-state index contributed by atoms with van der Waals surface area (Å²) in [4.78, 5) is 2.38. The molecule has 0 unspecified atom stereocenters. The van der Waals surface area contributed by atoms with Gasteiger partial charge in [0.2, 0.25) is 0 Å². The van der Waals surface area contributed by atoms with Crippen LogP contribution >= 0.6 is 11.6 Å². The number of nitrogens with one attached hydrogen (secondary N) is 1. The van der Waals surface area contributed by atoms with Gasteiger partial charge in [0, 0.05) is 5.02 Å². The number of rotatable bonds is 7. The van der Waals surface area contributed by atoms with Gasteiger partial charge in [-0.25, -0.2) is 4.83 Å². The van der Waals surface area contributed by atoms with Gasteiger partial charge in [0.15, 0.2) is 0 Å². The fourth-order valence-corrected chi connectivity index (χ4v) is 3.29. The minimum absolute atomic E-state index is 0.162. The predicted octanol–water partition coefficient (Wildman–Crippen LogP) is 4.54. The molecule has 0 aliphatic rings. The van der Waals surface area contributed by atoms with Crippen LogP contribution in [0.4, 0.5) is 0 Å². The van der Waals surface area contributed by atoms with Crippen molar-refractivity contribution in [2.45, 2.75) is 18.4 Å². The second kappa shape index (κ2) is 8.91. The molecule has 3 aromatic carbocycles. The molecule has 5 nitrogen and oxygen atoms in total. The first kappa shape index (κ1) is 19.9. The van der Waals surface area contributed by atoms with E-state index in [1.165, 1.54) is 6.21 Å². The van der Waals surface area contributed by atoms with E-state index < -0.39 is 10.0 Å². The van der Waals surface area contributed by atoms with E-state index in [0.29, 0.717) is 22.9 Å². The molecule has 0 aliphatic carbocycles. The SMILES string of the molecule is Cc1ccc(S(=O)(=O)N/N=C/c2cccc(OCc3ccc(Cl)cc3)c2)cc1. The Kier molecular flexibility index (Phi) is 6.34. The van der Waals surface area contributed by atoms with Crippen LogP contribution < -0.4 is 9.57 Å². The molecule has 1 N–H and O–H groups in total. The van der Waals surface area contributed by atoms with Gasteiger partial charge in [0.25, 0.3) is 10.0 Å². The maximum atomic E-state index is 12.2. The molecule has 7 heteroatoms. The lowest BCUT2D eigenvalue weighted by atomic mass is 10.2. The number of hydrazone groups is 1. The van der Waals surface area contributed by atoms with Gasteiger partial charge in [-0.2, -0.15) is 13.5 Å². The molecule has 0 radical (unpaired) electrons. The molecule has 0 aliphatic heterocycles. The zero-order chi connectivity index (χ0) is 20.0. The number of sulfonamides is 1. The minimum Gasteiger partial charge on any atom is -0.489 e. The van der Waals surface area contributed by atoms with Crippen LogP contribution in [0.25, 0.3) is 0 Å². The van der Waals surface area contributed by atoms with Crippen LogP contribution in [0.1, 0.15) is 16.7 Å². The van der Waals surface area contributed by atoms with Gasteiger partial charge in [-0.05, 0) is 54.4 Å². The molecule has 3 aromatic rings. The maximum absolute atomic E-state index is 12.2. The fraction of sp³-hybridized carbons (Fsp3) is 0.0952. The number of benzene rings is 3. The molecule has 144 valence electrons. The zero-order valence-corrected chi connectivity index (χ0v) is 16.7. The van der Waals surface area contributed by atoms with Crippen molar-refractivity contribution in [2.24, 2.45) is 5.10 Å². The van der Waals surface area contributed by atoms with Crippen LogP contribution in [0, 0.1) is 6.92 Å². The van der Waals surface area contributed by atoms with Crippen molar-refractivity contribution in [2.75, 3.05) is 0 Å². The van der Waals surface area contributed by atoms with Crippen LogP contribution in [0.15, 0.2) is 82.8 Å². The molecule has 0 atom stereocenters. The summed E-state index contributed by atoms with van der Waals surface area (Å²) in [5.74, 6) is 0.653. The lowest BCUT2D eigenvalue weighted by Gasteiger charge is -2.07. The Bertz CT molecular complexity index is 1060. The third-order valence-electron chi connectivity index (χ3n) is 3.89. The summed E-state index contributed by atoms with van der Waals surface area (Å²) in [7, 11) is -3.70. The van der Waals surface area contributed by atoms with E-state index in [2.05, 4.69) is 9.93 Å². The first-order valence-corrected chi connectivity index (χ1v) is 10.4. The number of aryl methyl sites for hydroxylation is 1. The Morgan fingerprint density at radius 1 is 1.04 bits per heavy atom. The smallest absolute Gasteiger partial charge is 0.276 e. The lowest BCUT2D eigenvalue weighted by Crippen LogP contribution is -2.18. The average molecular weight is 415 g/mol. The maximum Gasteiger partial charge on any atom is 0.276 e. The van der Waals surface area contributed by atoms with Crippen LogP contribution in [0.2, 0.25) is 5.02 Å². The van der Waals surface area contributed by atoms with Crippen LogP contribution in [-0.4, -0.2) is 14.6 Å². The molecule has 0 aromatic heterocycles. The molecule has 0 fully saturated rings. The van der Waals surface area contributed by atoms with Gasteiger partial charge in [0.05, 0.1) is 11.1 Å². The molecular weight excluding hydrogens is 396 g/mol. The van der Waals surface area contributed by atoms with E-state index in [-0.39, 0.29) is 4.90 Å². The van der Waals surface area contributed by atoms with E-state index in [1.807, 2.05) is 43.3 Å². The fourth-order valence-electron chi connectivity index (χ4n) is 2.37. The standard InChI is InChI=1S/C21H19ClN2O3S/c1-16-5-11-21(12-6-16)28(25,26)24-23-14-18-3-2-4-20(13-18)27-15-17-7-9-19(22)10-8-17/h2-14,24H,15H2,1H3/b23-14+. The van der Waals surface area contributed by atoms with Gasteiger partial charge in [0.1, 0.15) is 12.4 Å². The Morgan fingerprint density at radius 3 is 2.46 bits per heavy atom. The van der Waals surface area contributed by atoms with Crippen molar-refractivity contribution in [3.63, 3.8) is 0 Å². The van der Waals surface area contributed by atoms with Crippen LogP contribution in [0.3, 0.4) is 0 Å². The molecule has 0 saturated heterocycles. The summed E-state index contributed by atoms with van der Waals surface area (Å²) in [6.45, 7) is 2.29. The number of hydrogen-bond acceptors (Lipinski definition) is 4. The number of hydrogen-bond donors (Lipinski definition) is 1. The second-order valence-corrected chi connectivity index (χ2v) is 8.25. The van der Waals surface area contributed by atoms with E-state index in [0.717, 1.165) is 11.1 Å². The van der Waals surface area contributed by atoms with Crippen molar-refractivity contribution in [3.05, 3.63) is 94.5 Å². The van der Waals surface area contributed by atoms with Crippen LogP contribution in [-0.2, 0) is 16.6 Å². The van der Waals surface area contributed by atoms with Crippen molar-refractivity contribution in [1.29, 1.82) is 0 Å². The number of nitrogens with zero attached hydrogens (tertiary/aromatic N) is 1. The molecule has 0 spiro atoms. The third-order valence-corrected chi connectivity index (χ3v) is 5.39. The Labute approximate surface area is 169 Å². The zero-order valence-electron chi connectivity index (χ0n) is 15.2. The van der Waals surface area contributed by atoms with E-state index in [4.69, 9.17) is 16.3 Å². The first-order chi connectivity index (χ1) is 13.4. The Hall–Kier alpha value is -2.83. The summed E-state index contributed by atoms with van der Waals surface area (Å²) in [5, 5.41) is 4.52. The van der Waals surface area contributed by atoms with Crippen molar-refractivity contribution >= 4 is 27.8 Å². The molecule has 0 amide bonds. The highest BCUT2D eigenvalue weighted by atomic mass is 35.5. The largest absolute Gasteiger partial charge is 0.489 e. The van der Waals surface area contributed by atoms with Crippen LogP contribution in [0.5, 0.6) is 5.75 Å². The summed E-state index contributed by atoms with van der Waals surface area (Å²) >= 11 is 5.87. The van der Waals surface area contributed by atoms with Crippen molar-refractivity contribution in [3.8, 4) is 5.75 Å². The number of halogens is 1. The lowest BCUT2D eigenvalue weighted by molar-refractivity contribution is 0.306. The third kappa shape index (κ3) is 5.58. The van der Waals surface area contributed by atoms with E-state index in [1.54, 1.807) is 36.4 Å². The normalized spacial score (nSPS) is 11.5. The second-order valence-electron chi connectivity index (χ2n) is 6.15. The molecule has 0 bridgehead atoms. The van der Waals surface area contributed by atoms with Crippen molar-refractivity contribution in [1.82, 2.24) is 4.83 Å². The Morgan fingerprint density at radius 2 is 1.75 bits per heavy atom. The summed E-state index contributed by atoms with van der Waals surface area (Å²) in [5.41, 5.74) is 2.69. The molecule has 0 heterocycles. The van der Waals surface area contributed by atoms with E-state index in [9.17, 15) is 8.42 Å². The van der Waals surface area contributed by atoms with E-state index >= 15 is 0 Å². The van der Waals surface area contributed by atoms with Gasteiger partial charge in [-0.15, -0.1) is 0 Å². The summed E-state index contributed by atoms with van der Waals surface area (Å²) < 4.78 is 30.2. The van der Waals surface area contributed by atoms with Gasteiger partial charge >= 0.3 is 0 Å². The summed E-state index contributed by atoms with van der Waals surface area (Å²) in [6.07, 6.45) is 1.43. The number of ether oxygens (including phenoxy) is 1. The average Bonchev–Trinajstić information content (AvgIpc) is 2.68. The quantitative estimate of drug-likeness (QED) is 0.456. The summed E-state index contributed by atoms with van der Waals surface area (Å²) in [6, 6.07) is 21.2. The van der Waals surface area contributed by atoms with Gasteiger partial charge in [-0.1, -0.05) is 53.6 Å². The van der Waals surface area contributed by atoms with Gasteiger partial charge < -0.3 is 4.74 Å². The predicted molar refractivity (Wildman–Crippen MR) is 111 cm³/mol. The van der Waals surface area contributed by atoms with Gasteiger partial charge in [-0.3, -0.25) is 0 Å². The monoisotopic (exact) mass is 414 g/mol. The molecule has 3 rings (SSSR count).